The monoisotopic (exact) mass is 339 g/mol. The van der Waals surface area contributed by atoms with Crippen LogP contribution in [-0.4, -0.2) is 40.1 Å². The highest BCUT2D eigenvalue weighted by Crippen LogP contribution is 2.33. The van der Waals surface area contributed by atoms with E-state index in [1.165, 1.54) is 6.07 Å². The zero-order valence-corrected chi connectivity index (χ0v) is 14.3. The van der Waals surface area contributed by atoms with Gasteiger partial charge in [-0.1, -0.05) is 35.9 Å². The second-order valence-corrected chi connectivity index (χ2v) is 6.71. The van der Waals surface area contributed by atoms with Crippen LogP contribution in [0.2, 0.25) is 0 Å². The van der Waals surface area contributed by atoms with Gasteiger partial charge >= 0.3 is 5.97 Å². The first-order chi connectivity index (χ1) is 11.8. The van der Waals surface area contributed by atoms with Crippen molar-refractivity contribution in [2.45, 2.75) is 25.9 Å². The van der Waals surface area contributed by atoms with Crippen LogP contribution in [0.3, 0.4) is 0 Å². The number of carboxylic acid groups (broad SMARTS) is 1. The average Bonchev–Trinajstić information content (AvgIpc) is 2.98. The van der Waals surface area contributed by atoms with Crippen LogP contribution >= 0.6 is 0 Å². The van der Waals surface area contributed by atoms with Crippen LogP contribution in [0, 0.1) is 13.8 Å². The van der Waals surface area contributed by atoms with Gasteiger partial charge in [-0.25, -0.2) is 4.79 Å². The molecule has 0 spiro atoms. The zero-order valence-electron chi connectivity index (χ0n) is 14.3. The molecule has 25 heavy (non-hydrogen) atoms. The number of carboxylic acids is 1. The molecule has 1 fully saturated rings. The molecular formula is C20H21NO4. The molecule has 0 aliphatic carbocycles. The van der Waals surface area contributed by atoms with Crippen molar-refractivity contribution in [1.82, 2.24) is 4.90 Å². The first-order valence-electron chi connectivity index (χ1n) is 8.23. The Labute approximate surface area is 146 Å². The van der Waals surface area contributed by atoms with Gasteiger partial charge in [0.25, 0.3) is 5.91 Å². The average molecular weight is 339 g/mol. The van der Waals surface area contributed by atoms with Gasteiger partial charge in [0.1, 0.15) is 5.60 Å². The number of rotatable bonds is 3. The fourth-order valence-electron chi connectivity index (χ4n) is 3.23. The number of amides is 1. The highest BCUT2D eigenvalue weighted by Gasteiger charge is 2.39. The molecule has 0 saturated carbocycles. The normalized spacial score (nSPS) is 19.9. The largest absolute Gasteiger partial charge is 0.478 e. The number of hydrogen-bond acceptors (Lipinski definition) is 3. The molecule has 1 aliphatic heterocycles. The van der Waals surface area contributed by atoms with E-state index in [-0.39, 0.29) is 18.0 Å². The van der Waals surface area contributed by atoms with Gasteiger partial charge in [-0.2, -0.15) is 0 Å². The number of likely N-dealkylation sites (tertiary alicyclic amines) is 1. The first kappa shape index (κ1) is 17.2. The van der Waals surface area contributed by atoms with Crippen LogP contribution in [0.1, 0.15) is 43.8 Å². The first-order valence-corrected chi connectivity index (χ1v) is 8.23. The predicted molar refractivity (Wildman–Crippen MR) is 93.7 cm³/mol. The molecule has 2 N–H and O–H groups in total. The smallest absolute Gasteiger partial charge is 0.335 e. The number of benzene rings is 2. The van der Waals surface area contributed by atoms with E-state index in [2.05, 4.69) is 0 Å². The number of aryl methyl sites for hydroxylation is 2. The van der Waals surface area contributed by atoms with Crippen LogP contribution in [0.5, 0.6) is 0 Å². The summed E-state index contributed by atoms with van der Waals surface area (Å²) in [6, 6.07) is 12.3. The third-order valence-electron chi connectivity index (χ3n) is 4.84. The van der Waals surface area contributed by atoms with E-state index in [1.807, 2.05) is 31.2 Å². The van der Waals surface area contributed by atoms with E-state index in [0.29, 0.717) is 24.1 Å². The van der Waals surface area contributed by atoms with E-state index >= 15 is 0 Å². The summed E-state index contributed by atoms with van der Waals surface area (Å²) >= 11 is 0. The zero-order chi connectivity index (χ0) is 18.2. The molecule has 3 rings (SSSR count). The summed E-state index contributed by atoms with van der Waals surface area (Å²) in [6.45, 7) is 4.31. The van der Waals surface area contributed by atoms with Crippen LogP contribution in [0.15, 0.2) is 42.5 Å². The van der Waals surface area contributed by atoms with Crippen LogP contribution < -0.4 is 0 Å². The van der Waals surface area contributed by atoms with Crippen molar-refractivity contribution < 1.29 is 19.8 Å². The molecule has 5 heteroatoms. The molecule has 1 atom stereocenters. The van der Waals surface area contributed by atoms with E-state index in [4.69, 9.17) is 0 Å². The van der Waals surface area contributed by atoms with Crippen molar-refractivity contribution in [3.63, 3.8) is 0 Å². The Kier molecular flexibility index (Phi) is 4.35. The molecule has 0 radical (unpaired) electrons. The van der Waals surface area contributed by atoms with Gasteiger partial charge in [-0.05, 0) is 43.5 Å². The molecule has 5 nitrogen and oxygen atoms in total. The van der Waals surface area contributed by atoms with Crippen molar-refractivity contribution in [1.29, 1.82) is 0 Å². The predicted octanol–water partition coefficient (Wildman–Crippen LogP) is 2.74. The van der Waals surface area contributed by atoms with Crippen LogP contribution in [0.4, 0.5) is 0 Å². The van der Waals surface area contributed by atoms with Gasteiger partial charge in [0.15, 0.2) is 0 Å². The maximum absolute atomic E-state index is 12.7. The maximum atomic E-state index is 12.7. The fourth-order valence-corrected chi connectivity index (χ4v) is 3.23. The molecule has 0 aromatic heterocycles. The summed E-state index contributed by atoms with van der Waals surface area (Å²) < 4.78 is 0. The lowest BCUT2D eigenvalue weighted by Crippen LogP contribution is -2.34. The summed E-state index contributed by atoms with van der Waals surface area (Å²) in [5, 5.41) is 20.1. The highest BCUT2D eigenvalue weighted by atomic mass is 16.4. The van der Waals surface area contributed by atoms with Gasteiger partial charge in [0, 0.05) is 12.1 Å². The standard InChI is InChI=1S/C20H21NO4/c1-13-3-7-16(8-4-13)20(25)9-10-21(12-20)18(22)15-6-5-14(2)17(11-15)19(23)24/h3-8,11,25H,9-10,12H2,1-2H3,(H,23,24). The third-order valence-corrected chi connectivity index (χ3v) is 4.84. The lowest BCUT2D eigenvalue weighted by Gasteiger charge is -2.24. The van der Waals surface area contributed by atoms with Crippen LogP contribution in [-0.2, 0) is 5.60 Å². The Morgan fingerprint density at radius 3 is 2.40 bits per heavy atom. The molecule has 0 bridgehead atoms. The Bertz CT molecular complexity index is 828. The van der Waals surface area contributed by atoms with Gasteiger partial charge in [-0.15, -0.1) is 0 Å². The molecule has 1 heterocycles. The quantitative estimate of drug-likeness (QED) is 0.901. The third kappa shape index (κ3) is 3.28. The molecule has 1 amide bonds. The summed E-state index contributed by atoms with van der Waals surface area (Å²) in [5.74, 6) is -1.31. The second-order valence-electron chi connectivity index (χ2n) is 6.71. The summed E-state index contributed by atoms with van der Waals surface area (Å²) in [5.41, 5.74) is 1.91. The Balaban J connectivity index is 1.82. The lowest BCUT2D eigenvalue weighted by molar-refractivity contribution is 0.0417. The van der Waals surface area contributed by atoms with Gasteiger partial charge in [-0.3, -0.25) is 4.79 Å². The molecule has 2 aromatic carbocycles. The number of β-amino-alcohol motifs (C(OH)–C–C–N with tert-alkyl or cyclic N) is 1. The fraction of sp³-hybridized carbons (Fsp3) is 0.300. The molecule has 1 aliphatic rings. The minimum atomic E-state index is -1.07. The second kappa shape index (κ2) is 6.33. The molecule has 130 valence electrons. The Morgan fingerprint density at radius 2 is 1.76 bits per heavy atom. The molecular weight excluding hydrogens is 318 g/mol. The number of hydrogen-bond donors (Lipinski definition) is 2. The van der Waals surface area contributed by atoms with E-state index in [0.717, 1.165) is 11.1 Å². The SMILES string of the molecule is Cc1ccc(C2(O)CCN(C(=O)c3ccc(C)c(C(=O)O)c3)C2)cc1. The Hall–Kier alpha value is -2.66. The molecule has 1 saturated heterocycles. The number of nitrogens with zero attached hydrogens (tertiary/aromatic N) is 1. The summed E-state index contributed by atoms with van der Waals surface area (Å²) in [6.07, 6.45) is 0.458. The maximum Gasteiger partial charge on any atom is 0.335 e. The van der Waals surface area contributed by atoms with E-state index in [1.54, 1.807) is 24.0 Å². The summed E-state index contributed by atoms with van der Waals surface area (Å²) in [7, 11) is 0. The molecule has 1 unspecified atom stereocenters. The Morgan fingerprint density at radius 1 is 1.08 bits per heavy atom. The van der Waals surface area contributed by atoms with Gasteiger partial charge in [0.2, 0.25) is 0 Å². The van der Waals surface area contributed by atoms with Crippen molar-refractivity contribution in [2.75, 3.05) is 13.1 Å². The highest BCUT2D eigenvalue weighted by molar-refractivity contribution is 5.98. The van der Waals surface area contributed by atoms with Crippen molar-refractivity contribution >= 4 is 11.9 Å². The summed E-state index contributed by atoms with van der Waals surface area (Å²) in [4.78, 5) is 25.6. The van der Waals surface area contributed by atoms with Crippen LogP contribution in [0.25, 0.3) is 0 Å². The number of carbonyl (C=O) groups is 2. The van der Waals surface area contributed by atoms with E-state index in [9.17, 15) is 19.8 Å². The number of carbonyl (C=O) groups excluding carboxylic acids is 1. The lowest BCUT2D eigenvalue weighted by atomic mass is 9.92. The minimum Gasteiger partial charge on any atom is -0.478 e. The molecule has 2 aromatic rings. The van der Waals surface area contributed by atoms with E-state index < -0.39 is 11.6 Å². The minimum absolute atomic E-state index is 0.124. The van der Waals surface area contributed by atoms with Crippen molar-refractivity contribution in [3.8, 4) is 0 Å². The van der Waals surface area contributed by atoms with Crippen molar-refractivity contribution in [3.05, 3.63) is 70.3 Å². The van der Waals surface area contributed by atoms with Gasteiger partial charge in [0.05, 0.1) is 12.1 Å². The topological polar surface area (TPSA) is 77.8 Å². The van der Waals surface area contributed by atoms with Crippen molar-refractivity contribution in [2.24, 2.45) is 0 Å². The van der Waals surface area contributed by atoms with Gasteiger partial charge < -0.3 is 15.1 Å². The number of aromatic carboxylic acids is 1. The number of aliphatic hydroxyl groups is 1.